The van der Waals surface area contributed by atoms with Gasteiger partial charge in [-0.25, -0.2) is 4.79 Å². The minimum atomic E-state index is -0.881. The Morgan fingerprint density at radius 2 is 1.93 bits per heavy atom. The van der Waals surface area contributed by atoms with Crippen molar-refractivity contribution in [2.24, 2.45) is 5.92 Å². The number of fused-ring (bicyclic) bond motifs is 2. The quantitative estimate of drug-likeness (QED) is 0.451. The Hall–Kier alpha value is -3.15. The number of carboxylic acids is 1. The van der Waals surface area contributed by atoms with E-state index in [9.17, 15) is 9.90 Å². The number of carbonyl (C=O) groups is 1. The number of aromatic nitrogens is 4. The highest BCUT2D eigenvalue weighted by Gasteiger charge is 2.18. The van der Waals surface area contributed by atoms with Gasteiger partial charge in [-0.05, 0) is 48.1 Å². The average molecular weight is 402 g/mol. The molecular formula is C24H26N4O2. The second kappa shape index (κ2) is 7.94. The number of rotatable bonds is 5. The van der Waals surface area contributed by atoms with Gasteiger partial charge >= 0.3 is 5.97 Å². The number of aromatic carboxylic acids is 1. The molecule has 2 aromatic carbocycles. The molecule has 2 aromatic heterocycles. The molecule has 1 aliphatic carbocycles. The summed E-state index contributed by atoms with van der Waals surface area (Å²) < 4.78 is 2.29. The van der Waals surface area contributed by atoms with Crippen LogP contribution in [0.25, 0.3) is 21.9 Å². The van der Waals surface area contributed by atoms with Gasteiger partial charge in [-0.2, -0.15) is 0 Å². The van der Waals surface area contributed by atoms with Crippen LogP contribution in [0.5, 0.6) is 0 Å². The maximum absolute atomic E-state index is 11.6. The summed E-state index contributed by atoms with van der Waals surface area (Å²) in [6.45, 7) is 0.952. The van der Waals surface area contributed by atoms with Gasteiger partial charge in [0.2, 0.25) is 0 Å². The van der Waals surface area contributed by atoms with Crippen LogP contribution < -0.4 is 0 Å². The third-order valence-corrected chi connectivity index (χ3v) is 6.46. The molecule has 4 aromatic rings. The first-order chi connectivity index (χ1) is 14.7. The number of aromatic amines is 1. The summed E-state index contributed by atoms with van der Waals surface area (Å²) in [5, 5.41) is 21.8. The van der Waals surface area contributed by atoms with Crippen molar-refractivity contribution in [3.05, 3.63) is 59.3 Å². The molecule has 30 heavy (non-hydrogen) atoms. The van der Waals surface area contributed by atoms with Crippen LogP contribution in [-0.4, -0.2) is 31.1 Å². The fourth-order valence-corrected chi connectivity index (χ4v) is 4.89. The molecule has 0 amide bonds. The van der Waals surface area contributed by atoms with Crippen molar-refractivity contribution in [2.45, 2.75) is 51.5 Å². The molecular weight excluding hydrogens is 376 g/mol. The summed E-state index contributed by atoms with van der Waals surface area (Å²) in [6, 6.07) is 11.6. The first-order valence-electron chi connectivity index (χ1n) is 10.8. The molecule has 0 spiro atoms. The van der Waals surface area contributed by atoms with Gasteiger partial charge in [0, 0.05) is 30.1 Å². The van der Waals surface area contributed by atoms with E-state index in [0.717, 1.165) is 40.5 Å². The van der Waals surface area contributed by atoms with Crippen molar-refractivity contribution in [2.75, 3.05) is 0 Å². The van der Waals surface area contributed by atoms with Gasteiger partial charge in [0.15, 0.2) is 0 Å². The predicted molar refractivity (Wildman–Crippen MR) is 117 cm³/mol. The van der Waals surface area contributed by atoms with Crippen LogP contribution in [0.4, 0.5) is 0 Å². The molecule has 0 unspecified atom stereocenters. The Balaban J connectivity index is 1.56. The molecule has 0 atom stereocenters. The summed E-state index contributed by atoms with van der Waals surface area (Å²) >= 11 is 0. The van der Waals surface area contributed by atoms with Crippen LogP contribution in [0.15, 0.2) is 42.6 Å². The molecule has 1 saturated carbocycles. The van der Waals surface area contributed by atoms with Gasteiger partial charge in [0.1, 0.15) is 5.52 Å². The molecule has 6 nitrogen and oxygen atoms in total. The minimum absolute atomic E-state index is 0.341. The molecule has 5 rings (SSSR count). The summed E-state index contributed by atoms with van der Waals surface area (Å²) in [7, 11) is 0. The normalized spacial score (nSPS) is 15.6. The summed E-state index contributed by atoms with van der Waals surface area (Å²) in [6.07, 6.45) is 10.7. The van der Waals surface area contributed by atoms with E-state index < -0.39 is 5.97 Å². The van der Waals surface area contributed by atoms with Gasteiger partial charge in [0.05, 0.1) is 11.1 Å². The summed E-state index contributed by atoms with van der Waals surface area (Å²) in [5.41, 5.74) is 5.50. The van der Waals surface area contributed by atoms with Crippen LogP contribution in [0.1, 0.15) is 60.0 Å². The lowest BCUT2D eigenvalue weighted by Gasteiger charge is -2.16. The van der Waals surface area contributed by atoms with Gasteiger partial charge in [-0.15, -0.1) is 5.10 Å². The lowest BCUT2D eigenvalue weighted by atomic mass is 10.0. The second-order valence-corrected chi connectivity index (χ2v) is 8.50. The minimum Gasteiger partial charge on any atom is -0.478 e. The fraction of sp³-hybridized carbons (Fsp3) is 0.375. The van der Waals surface area contributed by atoms with Gasteiger partial charge < -0.3 is 9.67 Å². The van der Waals surface area contributed by atoms with Crippen LogP contribution in [0.3, 0.4) is 0 Å². The number of nitrogens with one attached hydrogen (secondary N) is 1. The van der Waals surface area contributed by atoms with E-state index in [1.165, 1.54) is 44.1 Å². The van der Waals surface area contributed by atoms with Crippen LogP contribution in [0, 0.1) is 5.92 Å². The SMILES string of the molecule is O=C(O)c1ccc2c(Cc3cccc4[nH]nnc34)cn(CC3CCCCCC3)c2c1. The van der Waals surface area contributed by atoms with Crippen molar-refractivity contribution < 1.29 is 9.90 Å². The Labute approximate surface area is 174 Å². The first-order valence-corrected chi connectivity index (χ1v) is 10.8. The van der Waals surface area contributed by atoms with Crippen LogP contribution in [0.2, 0.25) is 0 Å². The Kier molecular flexibility index (Phi) is 4.99. The Morgan fingerprint density at radius 3 is 2.73 bits per heavy atom. The zero-order valence-electron chi connectivity index (χ0n) is 17.0. The van der Waals surface area contributed by atoms with Crippen LogP contribution in [-0.2, 0) is 13.0 Å². The highest BCUT2D eigenvalue weighted by Crippen LogP contribution is 2.30. The number of hydrogen-bond donors (Lipinski definition) is 2. The van der Waals surface area contributed by atoms with Crippen molar-refractivity contribution >= 4 is 27.9 Å². The monoisotopic (exact) mass is 402 g/mol. The maximum atomic E-state index is 11.6. The lowest BCUT2D eigenvalue weighted by Crippen LogP contribution is -2.09. The zero-order valence-corrected chi connectivity index (χ0v) is 17.0. The largest absolute Gasteiger partial charge is 0.478 e. The number of nitrogens with zero attached hydrogens (tertiary/aromatic N) is 3. The number of hydrogen-bond acceptors (Lipinski definition) is 3. The average Bonchev–Trinajstić information content (AvgIpc) is 3.26. The zero-order chi connectivity index (χ0) is 20.5. The van der Waals surface area contributed by atoms with Crippen LogP contribution >= 0.6 is 0 Å². The van der Waals surface area contributed by atoms with Crippen molar-refractivity contribution in [1.29, 1.82) is 0 Å². The van der Waals surface area contributed by atoms with Gasteiger partial charge in [-0.1, -0.05) is 49.1 Å². The standard InChI is InChI=1S/C24H26N4O2/c29-24(30)18-10-11-20-19(12-17-8-5-9-21-23(17)26-27-25-21)15-28(22(20)13-18)14-16-6-3-1-2-4-7-16/h5,8-11,13,15-16H,1-4,6-7,12,14H2,(H,29,30)(H,25,26,27). The summed E-state index contributed by atoms with van der Waals surface area (Å²) in [4.78, 5) is 11.6. The topological polar surface area (TPSA) is 83.8 Å². The third kappa shape index (κ3) is 3.58. The van der Waals surface area contributed by atoms with E-state index >= 15 is 0 Å². The molecule has 1 fully saturated rings. The smallest absolute Gasteiger partial charge is 0.335 e. The molecule has 0 bridgehead atoms. The van der Waals surface area contributed by atoms with E-state index in [1.54, 1.807) is 6.07 Å². The van der Waals surface area contributed by atoms with Gasteiger partial charge in [-0.3, -0.25) is 5.10 Å². The molecule has 2 N–H and O–H groups in total. The molecule has 0 radical (unpaired) electrons. The van der Waals surface area contributed by atoms with Gasteiger partial charge in [0.25, 0.3) is 0 Å². The van der Waals surface area contributed by atoms with E-state index in [1.807, 2.05) is 24.3 Å². The number of carboxylic acid groups (broad SMARTS) is 1. The molecule has 154 valence electrons. The van der Waals surface area contributed by atoms with E-state index in [0.29, 0.717) is 11.5 Å². The highest BCUT2D eigenvalue weighted by atomic mass is 16.4. The lowest BCUT2D eigenvalue weighted by molar-refractivity contribution is 0.0697. The number of H-pyrrole nitrogens is 1. The second-order valence-electron chi connectivity index (χ2n) is 8.50. The number of benzene rings is 2. The molecule has 0 saturated heterocycles. The fourth-order valence-electron chi connectivity index (χ4n) is 4.89. The molecule has 6 heteroatoms. The first kappa shape index (κ1) is 18.9. The molecule has 1 aliphatic rings. The molecule has 0 aliphatic heterocycles. The van der Waals surface area contributed by atoms with E-state index in [-0.39, 0.29) is 0 Å². The Bertz CT molecular complexity index is 1200. The summed E-state index contributed by atoms with van der Waals surface area (Å²) in [5.74, 6) is -0.226. The van der Waals surface area contributed by atoms with Crippen molar-refractivity contribution in [1.82, 2.24) is 20.0 Å². The van der Waals surface area contributed by atoms with E-state index in [2.05, 4.69) is 32.2 Å². The third-order valence-electron chi connectivity index (χ3n) is 6.46. The predicted octanol–water partition coefficient (Wildman–Crippen LogP) is 5.17. The van der Waals surface area contributed by atoms with Crippen molar-refractivity contribution in [3.8, 4) is 0 Å². The molecule has 2 heterocycles. The highest BCUT2D eigenvalue weighted by molar-refractivity contribution is 5.95. The maximum Gasteiger partial charge on any atom is 0.335 e. The van der Waals surface area contributed by atoms with E-state index in [4.69, 9.17) is 0 Å². The van der Waals surface area contributed by atoms with Crippen molar-refractivity contribution in [3.63, 3.8) is 0 Å². The Morgan fingerprint density at radius 1 is 1.10 bits per heavy atom.